The van der Waals surface area contributed by atoms with Crippen LogP contribution < -0.4 is 5.32 Å². The van der Waals surface area contributed by atoms with Crippen molar-refractivity contribution in [2.75, 3.05) is 5.32 Å². The van der Waals surface area contributed by atoms with E-state index >= 15 is 0 Å². The minimum absolute atomic E-state index is 0.283. The maximum absolute atomic E-state index is 12.3. The molecule has 0 unspecified atom stereocenters. The van der Waals surface area contributed by atoms with Gasteiger partial charge in [-0.3, -0.25) is 9.48 Å². The van der Waals surface area contributed by atoms with Gasteiger partial charge in [-0.05, 0) is 42.0 Å². The summed E-state index contributed by atoms with van der Waals surface area (Å²) in [5, 5.41) is 8.33. The van der Waals surface area contributed by atoms with Crippen molar-refractivity contribution in [2.45, 2.75) is 6.54 Å². The van der Waals surface area contributed by atoms with E-state index < -0.39 is 0 Å². The molecular formula is C17H11BrCl3N3O. The highest BCUT2D eigenvalue weighted by Gasteiger charge is 2.13. The molecular weight excluding hydrogens is 448 g/mol. The van der Waals surface area contributed by atoms with E-state index in [9.17, 15) is 4.79 Å². The second-order valence-electron chi connectivity index (χ2n) is 5.23. The van der Waals surface area contributed by atoms with E-state index in [-0.39, 0.29) is 5.91 Å². The molecule has 1 amide bonds. The summed E-state index contributed by atoms with van der Waals surface area (Å²) >= 11 is 21.4. The molecule has 0 aliphatic carbocycles. The van der Waals surface area contributed by atoms with Crippen LogP contribution in [-0.2, 0) is 6.54 Å². The van der Waals surface area contributed by atoms with Gasteiger partial charge in [0.05, 0.1) is 16.6 Å². The molecule has 0 fully saturated rings. The molecule has 0 saturated heterocycles. The molecule has 0 spiro atoms. The first-order chi connectivity index (χ1) is 11.9. The first-order valence-electron chi connectivity index (χ1n) is 7.16. The topological polar surface area (TPSA) is 46.9 Å². The number of carbonyl (C=O) groups is 1. The van der Waals surface area contributed by atoms with Crippen molar-refractivity contribution in [3.05, 3.63) is 79.3 Å². The lowest BCUT2D eigenvalue weighted by molar-refractivity contribution is 0.102. The lowest BCUT2D eigenvalue weighted by Crippen LogP contribution is -2.13. The third kappa shape index (κ3) is 4.55. The Kier molecular flexibility index (Phi) is 5.69. The van der Waals surface area contributed by atoms with Crippen LogP contribution >= 0.6 is 50.7 Å². The van der Waals surface area contributed by atoms with Crippen LogP contribution in [0.3, 0.4) is 0 Å². The fourth-order valence-electron chi connectivity index (χ4n) is 2.17. The van der Waals surface area contributed by atoms with Gasteiger partial charge in [-0.1, -0.05) is 56.8 Å². The number of carbonyl (C=O) groups excluding carboxylic acids is 1. The summed E-state index contributed by atoms with van der Waals surface area (Å²) in [4.78, 5) is 12.3. The van der Waals surface area contributed by atoms with Gasteiger partial charge in [0.2, 0.25) is 0 Å². The molecule has 3 aromatic rings. The van der Waals surface area contributed by atoms with Gasteiger partial charge in [0, 0.05) is 16.2 Å². The maximum atomic E-state index is 12.3. The van der Waals surface area contributed by atoms with Crippen molar-refractivity contribution in [3.8, 4) is 0 Å². The molecule has 1 heterocycles. The Morgan fingerprint density at radius 1 is 1.04 bits per heavy atom. The Morgan fingerprint density at radius 2 is 1.76 bits per heavy atom. The molecule has 128 valence electrons. The summed E-state index contributed by atoms with van der Waals surface area (Å²) < 4.78 is 2.52. The molecule has 0 bridgehead atoms. The minimum Gasteiger partial charge on any atom is -0.304 e. The van der Waals surface area contributed by atoms with Crippen molar-refractivity contribution >= 4 is 62.5 Å². The predicted molar refractivity (Wildman–Crippen MR) is 105 cm³/mol. The number of benzene rings is 2. The molecule has 0 aliphatic heterocycles. The third-order valence-electron chi connectivity index (χ3n) is 3.38. The van der Waals surface area contributed by atoms with E-state index in [4.69, 9.17) is 34.8 Å². The lowest BCUT2D eigenvalue weighted by atomic mass is 10.2. The normalized spacial score (nSPS) is 10.7. The molecule has 0 atom stereocenters. The summed E-state index contributed by atoms with van der Waals surface area (Å²) in [6, 6.07) is 12.3. The van der Waals surface area contributed by atoms with E-state index in [0.717, 1.165) is 10.0 Å². The van der Waals surface area contributed by atoms with Gasteiger partial charge < -0.3 is 5.32 Å². The summed E-state index contributed by atoms with van der Waals surface area (Å²) in [5.74, 6) is 0.0174. The van der Waals surface area contributed by atoms with E-state index in [1.807, 2.05) is 6.07 Å². The van der Waals surface area contributed by atoms with Crippen LogP contribution in [0.5, 0.6) is 0 Å². The van der Waals surface area contributed by atoms with Crippen LogP contribution in [0.15, 0.2) is 53.1 Å². The van der Waals surface area contributed by atoms with Gasteiger partial charge >= 0.3 is 0 Å². The van der Waals surface area contributed by atoms with Gasteiger partial charge in [-0.15, -0.1) is 0 Å². The fraction of sp³-hybridized carbons (Fsp3) is 0.0588. The molecule has 4 nitrogen and oxygen atoms in total. The zero-order valence-electron chi connectivity index (χ0n) is 12.6. The number of nitrogens with one attached hydrogen (secondary N) is 1. The second-order valence-corrected chi connectivity index (χ2v) is 7.37. The van der Waals surface area contributed by atoms with Crippen LogP contribution in [0.4, 0.5) is 5.82 Å². The Hall–Kier alpha value is -1.53. The zero-order chi connectivity index (χ0) is 18.0. The zero-order valence-corrected chi connectivity index (χ0v) is 16.5. The van der Waals surface area contributed by atoms with Crippen molar-refractivity contribution < 1.29 is 4.79 Å². The van der Waals surface area contributed by atoms with Crippen molar-refractivity contribution in [1.29, 1.82) is 0 Å². The number of halogens is 4. The van der Waals surface area contributed by atoms with E-state index in [1.165, 1.54) is 0 Å². The number of rotatable bonds is 4. The predicted octanol–water partition coefficient (Wildman–Crippen LogP) is 5.91. The highest BCUT2D eigenvalue weighted by molar-refractivity contribution is 9.10. The number of hydrogen-bond donors (Lipinski definition) is 1. The monoisotopic (exact) mass is 457 g/mol. The van der Waals surface area contributed by atoms with Crippen molar-refractivity contribution in [3.63, 3.8) is 0 Å². The number of aromatic nitrogens is 2. The molecule has 2 aromatic carbocycles. The average molecular weight is 460 g/mol. The molecule has 0 aliphatic rings. The summed E-state index contributed by atoms with van der Waals surface area (Å²) in [6.07, 6.45) is 1.64. The smallest absolute Gasteiger partial charge is 0.256 e. The van der Waals surface area contributed by atoms with Crippen LogP contribution in [0, 0.1) is 0 Å². The third-order valence-corrected chi connectivity index (χ3v) is 4.93. The van der Waals surface area contributed by atoms with Gasteiger partial charge in [-0.2, -0.15) is 5.10 Å². The molecule has 25 heavy (non-hydrogen) atoms. The van der Waals surface area contributed by atoms with Crippen molar-refractivity contribution in [1.82, 2.24) is 9.78 Å². The standard InChI is InChI=1S/C17H11BrCl3N3O/c18-12-4-2-11(3-5-12)17(25)22-16-15(21)9-24(23-16)8-10-1-6-13(19)14(20)7-10/h1-7,9H,8H2,(H,22,23,25). The number of nitrogens with zero attached hydrogens (tertiary/aromatic N) is 2. The molecule has 0 radical (unpaired) electrons. The first-order valence-corrected chi connectivity index (χ1v) is 9.09. The Morgan fingerprint density at radius 3 is 2.44 bits per heavy atom. The molecule has 3 rings (SSSR count). The number of hydrogen-bond acceptors (Lipinski definition) is 2. The van der Waals surface area contributed by atoms with Crippen LogP contribution in [0.2, 0.25) is 15.1 Å². The fourth-order valence-corrected chi connectivity index (χ4v) is 2.95. The average Bonchev–Trinajstić information content (AvgIpc) is 2.91. The van der Waals surface area contributed by atoms with Crippen LogP contribution in [-0.4, -0.2) is 15.7 Å². The largest absolute Gasteiger partial charge is 0.304 e. The van der Waals surface area contributed by atoms with Gasteiger partial charge in [0.1, 0.15) is 5.02 Å². The quantitative estimate of drug-likeness (QED) is 0.528. The van der Waals surface area contributed by atoms with E-state index in [0.29, 0.717) is 33.0 Å². The highest BCUT2D eigenvalue weighted by Crippen LogP contribution is 2.24. The lowest BCUT2D eigenvalue weighted by Gasteiger charge is -2.04. The maximum Gasteiger partial charge on any atom is 0.256 e. The van der Waals surface area contributed by atoms with Crippen LogP contribution in [0.1, 0.15) is 15.9 Å². The Bertz CT molecular complexity index is 925. The number of anilines is 1. The summed E-state index contributed by atoms with van der Waals surface area (Å²) in [7, 11) is 0. The van der Waals surface area contributed by atoms with Crippen LogP contribution in [0.25, 0.3) is 0 Å². The highest BCUT2D eigenvalue weighted by atomic mass is 79.9. The number of amides is 1. The molecule has 1 N–H and O–H groups in total. The second kappa shape index (κ2) is 7.79. The van der Waals surface area contributed by atoms with E-state index in [1.54, 1.807) is 47.3 Å². The minimum atomic E-state index is -0.283. The van der Waals surface area contributed by atoms with E-state index in [2.05, 4.69) is 26.3 Å². The SMILES string of the molecule is O=C(Nc1nn(Cc2ccc(Cl)c(Cl)c2)cc1Cl)c1ccc(Br)cc1. The Labute approximate surface area is 167 Å². The van der Waals surface area contributed by atoms with Gasteiger partial charge in [0.25, 0.3) is 5.91 Å². The van der Waals surface area contributed by atoms with Crippen molar-refractivity contribution in [2.24, 2.45) is 0 Å². The molecule has 8 heteroatoms. The van der Waals surface area contributed by atoms with Gasteiger partial charge in [0.15, 0.2) is 5.82 Å². The Balaban J connectivity index is 1.74. The summed E-state index contributed by atoms with van der Waals surface area (Å²) in [6.45, 7) is 0.449. The molecule has 0 saturated carbocycles. The van der Waals surface area contributed by atoms with Gasteiger partial charge in [-0.25, -0.2) is 0 Å². The summed E-state index contributed by atoms with van der Waals surface area (Å²) in [5.41, 5.74) is 1.43. The molecule has 1 aromatic heterocycles. The first kappa shape index (κ1) is 18.3.